The van der Waals surface area contributed by atoms with Crippen molar-refractivity contribution >= 4 is 28.7 Å². The van der Waals surface area contributed by atoms with Crippen LogP contribution < -0.4 is 21.1 Å². The average Bonchev–Trinajstić information content (AvgIpc) is 2.65. The molecule has 1 amide bonds. The Morgan fingerprint density at radius 1 is 1.08 bits per heavy atom. The number of aryl methyl sites for hydroxylation is 1. The molecule has 2 aromatic carbocycles. The van der Waals surface area contributed by atoms with Gasteiger partial charge in [-0.15, -0.1) is 0 Å². The number of benzene rings is 2. The predicted octanol–water partition coefficient (Wildman–Crippen LogP) is 3.98. The lowest BCUT2D eigenvalue weighted by atomic mass is 10.1. The molecule has 0 aliphatic heterocycles. The van der Waals surface area contributed by atoms with E-state index >= 15 is 0 Å². The van der Waals surface area contributed by atoms with E-state index in [0.717, 1.165) is 16.9 Å². The first kappa shape index (κ1) is 17.3. The summed E-state index contributed by atoms with van der Waals surface area (Å²) >= 11 is 0. The van der Waals surface area contributed by atoms with Crippen molar-refractivity contribution in [3.05, 3.63) is 72.1 Å². The van der Waals surface area contributed by atoms with Crippen LogP contribution in [-0.4, -0.2) is 18.0 Å². The zero-order chi connectivity index (χ0) is 18.5. The van der Waals surface area contributed by atoms with Crippen molar-refractivity contribution < 1.29 is 9.53 Å². The molecule has 0 bridgehead atoms. The number of nitrogen functional groups attached to an aromatic ring is 1. The van der Waals surface area contributed by atoms with Crippen molar-refractivity contribution in [2.45, 2.75) is 6.92 Å². The first-order valence-corrected chi connectivity index (χ1v) is 8.09. The lowest BCUT2D eigenvalue weighted by molar-refractivity contribution is 0.102. The summed E-state index contributed by atoms with van der Waals surface area (Å²) in [4.78, 5) is 16.3. The number of carbonyl (C=O) groups excluding carboxylic acids is 1. The third-order valence-corrected chi connectivity index (χ3v) is 3.96. The molecule has 1 heterocycles. The van der Waals surface area contributed by atoms with Gasteiger partial charge in [-0.2, -0.15) is 0 Å². The van der Waals surface area contributed by atoms with Crippen LogP contribution in [0.3, 0.4) is 0 Å². The molecule has 26 heavy (non-hydrogen) atoms. The molecule has 0 aliphatic carbocycles. The highest BCUT2D eigenvalue weighted by atomic mass is 16.5. The highest BCUT2D eigenvalue weighted by molar-refractivity contribution is 6.05. The number of aromatic nitrogens is 1. The van der Waals surface area contributed by atoms with Gasteiger partial charge in [-0.3, -0.25) is 9.78 Å². The Bertz CT molecular complexity index is 923. The molecule has 0 fully saturated rings. The second-order valence-electron chi connectivity index (χ2n) is 5.80. The standard InChI is InChI=1S/C20H20N4O2/c1-13-9-10-22-12-17(13)20(25)24-15-5-3-14(4-6-15)23-19-8-7-16(26-2)11-18(19)21/h3-12,23H,21H2,1-2H3,(H,24,25). The number of hydrogen-bond acceptors (Lipinski definition) is 5. The van der Waals surface area contributed by atoms with Gasteiger partial charge in [-0.05, 0) is 55.0 Å². The fraction of sp³-hybridized carbons (Fsp3) is 0.100. The minimum absolute atomic E-state index is 0.185. The third kappa shape index (κ3) is 3.92. The number of pyridine rings is 1. The summed E-state index contributed by atoms with van der Waals surface area (Å²) in [7, 11) is 1.60. The molecule has 6 nitrogen and oxygen atoms in total. The summed E-state index contributed by atoms with van der Waals surface area (Å²) in [6, 6.07) is 14.6. The molecular weight excluding hydrogens is 328 g/mol. The van der Waals surface area contributed by atoms with E-state index < -0.39 is 0 Å². The van der Waals surface area contributed by atoms with E-state index in [-0.39, 0.29) is 5.91 Å². The van der Waals surface area contributed by atoms with Gasteiger partial charge in [0, 0.05) is 29.8 Å². The van der Waals surface area contributed by atoms with E-state index in [0.29, 0.717) is 22.7 Å². The molecule has 0 atom stereocenters. The fourth-order valence-electron chi connectivity index (χ4n) is 2.47. The number of nitrogens with zero attached hydrogens (tertiary/aromatic N) is 1. The largest absolute Gasteiger partial charge is 0.497 e. The molecule has 0 saturated heterocycles. The minimum Gasteiger partial charge on any atom is -0.497 e. The van der Waals surface area contributed by atoms with E-state index in [1.807, 2.05) is 43.3 Å². The number of ether oxygens (including phenoxy) is 1. The topological polar surface area (TPSA) is 89.3 Å². The summed E-state index contributed by atoms with van der Waals surface area (Å²) in [5.41, 5.74) is 10.4. The molecule has 3 aromatic rings. The van der Waals surface area contributed by atoms with Gasteiger partial charge < -0.3 is 21.1 Å². The maximum absolute atomic E-state index is 12.3. The van der Waals surface area contributed by atoms with Gasteiger partial charge in [0.05, 0.1) is 24.0 Å². The van der Waals surface area contributed by atoms with Crippen LogP contribution in [0.1, 0.15) is 15.9 Å². The molecule has 1 aromatic heterocycles. The van der Waals surface area contributed by atoms with Gasteiger partial charge in [-0.1, -0.05) is 0 Å². The maximum atomic E-state index is 12.3. The third-order valence-electron chi connectivity index (χ3n) is 3.96. The van der Waals surface area contributed by atoms with Gasteiger partial charge in [0.2, 0.25) is 0 Å². The number of rotatable bonds is 5. The molecule has 4 N–H and O–H groups in total. The van der Waals surface area contributed by atoms with Crippen LogP contribution >= 0.6 is 0 Å². The minimum atomic E-state index is -0.185. The lowest BCUT2D eigenvalue weighted by Gasteiger charge is -2.12. The zero-order valence-electron chi connectivity index (χ0n) is 14.6. The number of hydrogen-bond donors (Lipinski definition) is 3. The van der Waals surface area contributed by atoms with Crippen LogP contribution in [-0.2, 0) is 0 Å². The number of carbonyl (C=O) groups is 1. The van der Waals surface area contributed by atoms with Gasteiger partial charge in [0.15, 0.2) is 0 Å². The number of nitrogens with one attached hydrogen (secondary N) is 2. The second kappa shape index (κ2) is 7.57. The van der Waals surface area contributed by atoms with Gasteiger partial charge in [0.1, 0.15) is 5.75 Å². The molecule has 0 aliphatic rings. The normalized spacial score (nSPS) is 10.2. The van der Waals surface area contributed by atoms with Crippen LogP contribution in [0.4, 0.5) is 22.7 Å². The number of anilines is 4. The summed E-state index contributed by atoms with van der Waals surface area (Å²) in [5, 5.41) is 6.11. The highest BCUT2D eigenvalue weighted by Gasteiger charge is 2.09. The smallest absolute Gasteiger partial charge is 0.257 e. The first-order valence-electron chi connectivity index (χ1n) is 8.09. The monoisotopic (exact) mass is 348 g/mol. The van der Waals surface area contributed by atoms with Crippen LogP contribution in [0.5, 0.6) is 5.75 Å². The SMILES string of the molecule is COc1ccc(Nc2ccc(NC(=O)c3cnccc3C)cc2)c(N)c1. The van der Waals surface area contributed by atoms with E-state index in [9.17, 15) is 4.79 Å². The van der Waals surface area contributed by atoms with Crippen molar-refractivity contribution in [2.24, 2.45) is 0 Å². The number of amides is 1. The average molecular weight is 348 g/mol. The zero-order valence-corrected chi connectivity index (χ0v) is 14.6. The fourth-order valence-corrected chi connectivity index (χ4v) is 2.47. The Hall–Kier alpha value is -3.54. The predicted molar refractivity (Wildman–Crippen MR) is 104 cm³/mol. The quantitative estimate of drug-likeness (QED) is 0.607. The summed E-state index contributed by atoms with van der Waals surface area (Å²) in [6.07, 6.45) is 3.23. The van der Waals surface area contributed by atoms with Gasteiger partial charge in [-0.25, -0.2) is 0 Å². The summed E-state index contributed by atoms with van der Waals surface area (Å²) < 4.78 is 5.15. The first-order chi connectivity index (χ1) is 12.6. The Morgan fingerprint density at radius 2 is 1.81 bits per heavy atom. The number of nitrogens with two attached hydrogens (primary N) is 1. The molecular formula is C20H20N4O2. The Kier molecular flexibility index (Phi) is 5.03. The van der Waals surface area contributed by atoms with Crippen molar-refractivity contribution in [1.82, 2.24) is 4.98 Å². The van der Waals surface area contributed by atoms with Crippen LogP contribution in [0.15, 0.2) is 60.9 Å². The van der Waals surface area contributed by atoms with E-state index in [1.165, 1.54) is 0 Å². The van der Waals surface area contributed by atoms with Crippen molar-refractivity contribution in [1.29, 1.82) is 0 Å². The van der Waals surface area contributed by atoms with E-state index in [2.05, 4.69) is 15.6 Å². The summed E-state index contributed by atoms with van der Waals surface area (Å²) in [6.45, 7) is 1.88. The Labute approximate surface area is 152 Å². The summed E-state index contributed by atoms with van der Waals surface area (Å²) in [5.74, 6) is 0.521. The van der Waals surface area contributed by atoms with E-state index in [1.54, 1.807) is 31.6 Å². The molecule has 0 unspecified atom stereocenters. The molecule has 0 spiro atoms. The molecule has 0 radical (unpaired) electrons. The van der Waals surface area contributed by atoms with Crippen LogP contribution in [0.25, 0.3) is 0 Å². The highest BCUT2D eigenvalue weighted by Crippen LogP contribution is 2.27. The van der Waals surface area contributed by atoms with Crippen LogP contribution in [0.2, 0.25) is 0 Å². The number of methoxy groups -OCH3 is 1. The lowest BCUT2D eigenvalue weighted by Crippen LogP contribution is -2.13. The van der Waals surface area contributed by atoms with Crippen molar-refractivity contribution in [3.8, 4) is 5.75 Å². The van der Waals surface area contributed by atoms with Crippen LogP contribution in [0, 0.1) is 6.92 Å². The molecule has 6 heteroatoms. The van der Waals surface area contributed by atoms with E-state index in [4.69, 9.17) is 10.5 Å². The van der Waals surface area contributed by atoms with Crippen molar-refractivity contribution in [3.63, 3.8) is 0 Å². The molecule has 0 saturated carbocycles. The van der Waals surface area contributed by atoms with Crippen molar-refractivity contribution in [2.75, 3.05) is 23.5 Å². The second-order valence-corrected chi connectivity index (χ2v) is 5.80. The van der Waals surface area contributed by atoms with Gasteiger partial charge in [0.25, 0.3) is 5.91 Å². The molecule has 132 valence electrons. The maximum Gasteiger partial charge on any atom is 0.257 e. The Balaban J connectivity index is 1.69. The Morgan fingerprint density at radius 3 is 2.46 bits per heavy atom. The van der Waals surface area contributed by atoms with Gasteiger partial charge >= 0.3 is 0 Å². The molecule has 3 rings (SSSR count).